The number of amides is 1. The number of hydrogen-bond donors (Lipinski definition) is 2. The van der Waals surface area contributed by atoms with Crippen LogP contribution in [0.4, 0.5) is 5.69 Å². The Kier molecular flexibility index (Phi) is 4.90. The molecule has 9 heteroatoms. The number of hydrogen-bond acceptors (Lipinski definition) is 6. The van der Waals surface area contributed by atoms with Crippen molar-refractivity contribution in [2.75, 3.05) is 5.32 Å². The zero-order valence-electron chi connectivity index (χ0n) is 15.7. The fraction of sp³-hybridized carbons (Fsp3) is 0.143. The standard InChI is InChI=1S/C21H17N3O3S3/c25-20(22-14-4-3-5-15(12-14)30(26,27)24-13-8-9-13)18-10-11-19(28-18)21-23-16-6-1-2-7-17(16)29-21/h1-7,10-13,24H,8-9H2,(H,22,25). The SMILES string of the molecule is O=C(Nc1cccc(S(=O)(=O)NC2CC2)c1)c1ccc(-c2nc3ccccc3s2)s1. The zero-order chi connectivity index (χ0) is 20.7. The first-order chi connectivity index (χ1) is 14.5. The quantitative estimate of drug-likeness (QED) is 0.440. The zero-order valence-corrected chi connectivity index (χ0v) is 18.1. The summed E-state index contributed by atoms with van der Waals surface area (Å²) in [6, 6.07) is 17.9. The number of carbonyl (C=O) groups excluding carboxylic acids is 1. The highest BCUT2D eigenvalue weighted by Gasteiger charge is 2.28. The number of sulfonamides is 1. The number of thiazole rings is 1. The summed E-state index contributed by atoms with van der Waals surface area (Å²) in [6.07, 6.45) is 1.73. The second-order valence-corrected chi connectivity index (χ2v) is 10.9. The molecule has 152 valence electrons. The van der Waals surface area contributed by atoms with Gasteiger partial charge in [0, 0.05) is 11.7 Å². The Morgan fingerprint density at radius 3 is 2.63 bits per heavy atom. The monoisotopic (exact) mass is 455 g/mol. The molecule has 0 atom stereocenters. The Bertz CT molecular complexity index is 1320. The molecule has 0 aliphatic heterocycles. The van der Waals surface area contributed by atoms with E-state index in [1.807, 2.05) is 30.3 Å². The van der Waals surface area contributed by atoms with Crippen LogP contribution >= 0.6 is 22.7 Å². The van der Waals surface area contributed by atoms with Gasteiger partial charge in [-0.2, -0.15) is 0 Å². The molecule has 6 nitrogen and oxygen atoms in total. The predicted molar refractivity (Wildman–Crippen MR) is 121 cm³/mol. The average Bonchev–Trinajstić information content (AvgIpc) is 3.23. The van der Waals surface area contributed by atoms with Gasteiger partial charge in [0.05, 0.1) is 24.9 Å². The van der Waals surface area contributed by atoms with E-state index in [0.717, 1.165) is 32.9 Å². The molecule has 2 N–H and O–H groups in total. The number of benzene rings is 2. The molecule has 2 aromatic carbocycles. The van der Waals surface area contributed by atoms with Gasteiger partial charge in [-0.15, -0.1) is 22.7 Å². The van der Waals surface area contributed by atoms with Gasteiger partial charge in [-0.3, -0.25) is 4.79 Å². The highest BCUT2D eigenvalue weighted by atomic mass is 32.2. The van der Waals surface area contributed by atoms with E-state index in [9.17, 15) is 13.2 Å². The van der Waals surface area contributed by atoms with Crippen molar-refractivity contribution in [1.82, 2.24) is 9.71 Å². The molecule has 5 rings (SSSR count). The van der Waals surface area contributed by atoms with Crippen molar-refractivity contribution in [1.29, 1.82) is 0 Å². The molecule has 0 saturated heterocycles. The van der Waals surface area contributed by atoms with Crippen LogP contribution in [0.2, 0.25) is 0 Å². The lowest BCUT2D eigenvalue weighted by atomic mass is 10.3. The maximum absolute atomic E-state index is 12.7. The molecule has 1 amide bonds. The lowest BCUT2D eigenvalue weighted by Gasteiger charge is -2.08. The highest BCUT2D eigenvalue weighted by Crippen LogP contribution is 2.34. The van der Waals surface area contributed by atoms with E-state index in [-0.39, 0.29) is 16.8 Å². The van der Waals surface area contributed by atoms with E-state index in [4.69, 9.17) is 0 Å². The van der Waals surface area contributed by atoms with E-state index in [0.29, 0.717) is 10.6 Å². The highest BCUT2D eigenvalue weighted by molar-refractivity contribution is 7.89. The second kappa shape index (κ2) is 7.59. The van der Waals surface area contributed by atoms with Gasteiger partial charge in [0.1, 0.15) is 5.01 Å². The van der Waals surface area contributed by atoms with Gasteiger partial charge in [0.25, 0.3) is 5.91 Å². The topological polar surface area (TPSA) is 88.2 Å². The van der Waals surface area contributed by atoms with E-state index in [2.05, 4.69) is 15.0 Å². The Balaban J connectivity index is 1.34. The molecule has 0 spiro atoms. The van der Waals surface area contributed by atoms with Crippen molar-refractivity contribution in [2.24, 2.45) is 0 Å². The summed E-state index contributed by atoms with van der Waals surface area (Å²) in [6.45, 7) is 0. The van der Waals surface area contributed by atoms with Crippen LogP contribution < -0.4 is 10.0 Å². The van der Waals surface area contributed by atoms with Gasteiger partial charge in [0.15, 0.2) is 0 Å². The summed E-state index contributed by atoms with van der Waals surface area (Å²) >= 11 is 2.95. The number of rotatable bonds is 6. The fourth-order valence-corrected chi connectivity index (χ4v) is 6.25. The van der Waals surface area contributed by atoms with Crippen molar-refractivity contribution < 1.29 is 13.2 Å². The number of anilines is 1. The van der Waals surface area contributed by atoms with Gasteiger partial charge in [0.2, 0.25) is 10.0 Å². The number of aromatic nitrogens is 1. The number of para-hydroxylation sites is 1. The normalized spacial score (nSPS) is 14.1. The third kappa shape index (κ3) is 4.01. The first-order valence-corrected chi connectivity index (χ1v) is 12.5. The minimum atomic E-state index is -3.57. The lowest BCUT2D eigenvalue weighted by molar-refractivity contribution is 0.103. The summed E-state index contributed by atoms with van der Waals surface area (Å²) in [7, 11) is -3.57. The number of nitrogens with one attached hydrogen (secondary N) is 2. The lowest BCUT2D eigenvalue weighted by Crippen LogP contribution is -2.25. The predicted octanol–water partition coefficient (Wildman–Crippen LogP) is 4.72. The van der Waals surface area contributed by atoms with Gasteiger partial charge >= 0.3 is 0 Å². The molecule has 1 aliphatic rings. The Morgan fingerprint density at radius 2 is 1.83 bits per heavy atom. The minimum Gasteiger partial charge on any atom is -0.321 e. The maximum atomic E-state index is 12.7. The Hall–Kier alpha value is -2.59. The molecule has 1 aliphatic carbocycles. The van der Waals surface area contributed by atoms with Crippen LogP contribution in [0.5, 0.6) is 0 Å². The van der Waals surface area contributed by atoms with Crippen molar-refractivity contribution in [3.63, 3.8) is 0 Å². The molecule has 30 heavy (non-hydrogen) atoms. The van der Waals surface area contributed by atoms with E-state index < -0.39 is 10.0 Å². The molecule has 1 saturated carbocycles. The molecule has 4 aromatic rings. The van der Waals surface area contributed by atoms with Crippen LogP contribution in [0.3, 0.4) is 0 Å². The summed E-state index contributed by atoms with van der Waals surface area (Å²) in [5.74, 6) is -0.280. The molecule has 2 heterocycles. The van der Waals surface area contributed by atoms with Crippen LogP contribution in [0.25, 0.3) is 20.1 Å². The third-order valence-corrected chi connectivity index (χ3v) is 8.44. The Labute approximate surface area is 181 Å². The van der Waals surface area contributed by atoms with E-state index in [1.54, 1.807) is 29.5 Å². The smallest absolute Gasteiger partial charge is 0.265 e. The molecular weight excluding hydrogens is 438 g/mol. The fourth-order valence-electron chi connectivity index (χ4n) is 2.97. The Morgan fingerprint density at radius 1 is 1.00 bits per heavy atom. The van der Waals surface area contributed by atoms with E-state index >= 15 is 0 Å². The molecule has 1 fully saturated rings. The molecule has 0 radical (unpaired) electrons. The summed E-state index contributed by atoms with van der Waals surface area (Å²) in [5.41, 5.74) is 1.38. The van der Waals surface area contributed by atoms with Gasteiger partial charge in [-0.25, -0.2) is 18.1 Å². The summed E-state index contributed by atoms with van der Waals surface area (Å²) in [5, 5.41) is 3.67. The molecule has 0 unspecified atom stereocenters. The number of fused-ring (bicyclic) bond motifs is 1. The molecule has 2 aromatic heterocycles. The number of nitrogens with zero attached hydrogens (tertiary/aromatic N) is 1. The van der Waals surface area contributed by atoms with Crippen LogP contribution in [0.15, 0.2) is 65.6 Å². The van der Waals surface area contributed by atoms with Gasteiger partial charge < -0.3 is 5.32 Å². The van der Waals surface area contributed by atoms with Crippen molar-refractivity contribution in [3.8, 4) is 9.88 Å². The first kappa shape index (κ1) is 19.4. The first-order valence-electron chi connectivity index (χ1n) is 9.37. The van der Waals surface area contributed by atoms with E-state index in [1.165, 1.54) is 23.5 Å². The number of carbonyl (C=O) groups is 1. The second-order valence-electron chi connectivity index (χ2n) is 7.03. The van der Waals surface area contributed by atoms with Crippen LogP contribution in [0.1, 0.15) is 22.5 Å². The maximum Gasteiger partial charge on any atom is 0.265 e. The van der Waals surface area contributed by atoms with Gasteiger partial charge in [-0.05, 0) is 55.3 Å². The largest absolute Gasteiger partial charge is 0.321 e. The van der Waals surface area contributed by atoms with Gasteiger partial charge in [-0.1, -0.05) is 18.2 Å². The third-order valence-electron chi connectivity index (χ3n) is 4.64. The van der Waals surface area contributed by atoms with Crippen molar-refractivity contribution >= 4 is 54.5 Å². The van der Waals surface area contributed by atoms with Crippen LogP contribution in [-0.2, 0) is 10.0 Å². The number of thiophene rings is 1. The van der Waals surface area contributed by atoms with Crippen molar-refractivity contribution in [3.05, 3.63) is 65.5 Å². The summed E-state index contributed by atoms with van der Waals surface area (Å²) < 4.78 is 28.5. The molecule has 0 bridgehead atoms. The van der Waals surface area contributed by atoms with Crippen molar-refractivity contribution in [2.45, 2.75) is 23.8 Å². The average molecular weight is 456 g/mol. The van der Waals surface area contributed by atoms with Crippen LogP contribution in [-0.4, -0.2) is 25.4 Å². The summed E-state index contributed by atoms with van der Waals surface area (Å²) in [4.78, 5) is 18.9. The van der Waals surface area contributed by atoms with Crippen LogP contribution in [0, 0.1) is 0 Å². The molecular formula is C21H17N3O3S3. The minimum absolute atomic E-state index is 0.0281.